The van der Waals surface area contributed by atoms with Crippen LogP contribution in [0.2, 0.25) is 0 Å². The molecule has 1 rings (SSSR count). The third-order valence-corrected chi connectivity index (χ3v) is 2.85. The standard InChI is InChI=1S/C14H20O3/c1-10(2)8-13(15)7-5-4-6-12-9-17-14(16)11(12)3/h8,12H,3-7,9H2,1-2H3. The summed E-state index contributed by atoms with van der Waals surface area (Å²) in [7, 11) is 0. The third kappa shape index (κ3) is 4.55. The summed E-state index contributed by atoms with van der Waals surface area (Å²) < 4.78 is 4.89. The fourth-order valence-electron chi connectivity index (χ4n) is 1.88. The Morgan fingerprint density at radius 3 is 2.71 bits per heavy atom. The van der Waals surface area contributed by atoms with E-state index in [1.807, 2.05) is 13.8 Å². The minimum absolute atomic E-state index is 0.154. The molecule has 0 radical (unpaired) electrons. The molecule has 0 amide bonds. The summed E-state index contributed by atoms with van der Waals surface area (Å²) in [6, 6.07) is 0. The molecule has 94 valence electrons. The van der Waals surface area contributed by atoms with E-state index in [-0.39, 0.29) is 17.7 Å². The van der Waals surface area contributed by atoms with Crippen LogP contribution in [0.3, 0.4) is 0 Å². The molecule has 0 aromatic heterocycles. The topological polar surface area (TPSA) is 43.4 Å². The maximum absolute atomic E-state index is 11.4. The molecule has 0 N–H and O–H groups in total. The summed E-state index contributed by atoms with van der Waals surface area (Å²) in [6.45, 7) is 8.02. The van der Waals surface area contributed by atoms with Gasteiger partial charge in [0, 0.05) is 17.9 Å². The van der Waals surface area contributed by atoms with Crippen LogP contribution in [0, 0.1) is 5.92 Å². The van der Waals surface area contributed by atoms with Crippen LogP contribution in [0.5, 0.6) is 0 Å². The molecule has 0 spiro atoms. The van der Waals surface area contributed by atoms with Crippen LogP contribution in [-0.2, 0) is 14.3 Å². The Hall–Kier alpha value is -1.38. The minimum Gasteiger partial charge on any atom is -0.462 e. The van der Waals surface area contributed by atoms with Crippen LogP contribution < -0.4 is 0 Å². The summed E-state index contributed by atoms with van der Waals surface area (Å²) >= 11 is 0. The second-order valence-electron chi connectivity index (χ2n) is 4.75. The summed E-state index contributed by atoms with van der Waals surface area (Å²) in [6.07, 6.45) is 4.94. The largest absolute Gasteiger partial charge is 0.462 e. The fourth-order valence-corrected chi connectivity index (χ4v) is 1.88. The number of hydrogen-bond acceptors (Lipinski definition) is 3. The molecule has 1 saturated heterocycles. The normalized spacial score (nSPS) is 19.1. The second-order valence-corrected chi connectivity index (χ2v) is 4.75. The van der Waals surface area contributed by atoms with Gasteiger partial charge in [0.2, 0.25) is 0 Å². The fraction of sp³-hybridized carbons (Fsp3) is 0.571. The zero-order chi connectivity index (χ0) is 12.8. The van der Waals surface area contributed by atoms with E-state index in [4.69, 9.17) is 4.74 Å². The van der Waals surface area contributed by atoms with Gasteiger partial charge in [-0.1, -0.05) is 18.6 Å². The number of allylic oxidation sites excluding steroid dienone is 2. The quantitative estimate of drug-likeness (QED) is 0.404. The zero-order valence-electron chi connectivity index (χ0n) is 10.6. The first-order valence-electron chi connectivity index (χ1n) is 6.04. The third-order valence-electron chi connectivity index (χ3n) is 2.85. The Bertz CT molecular complexity index is 348. The molecule has 1 atom stereocenters. The summed E-state index contributed by atoms with van der Waals surface area (Å²) in [5.74, 6) is 0.0687. The Morgan fingerprint density at radius 1 is 1.47 bits per heavy atom. The SMILES string of the molecule is C=C1C(=O)OCC1CCCCC(=O)C=C(C)C. The average Bonchev–Trinajstić information content (AvgIpc) is 2.54. The van der Waals surface area contributed by atoms with Gasteiger partial charge in [-0.25, -0.2) is 4.79 Å². The van der Waals surface area contributed by atoms with E-state index in [0.717, 1.165) is 24.8 Å². The molecule has 3 nitrogen and oxygen atoms in total. The van der Waals surface area contributed by atoms with Crippen molar-refractivity contribution in [1.82, 2.24) is 0 Å². The van der Waals surface area contributed by atoms with Gasteiger partial charge >= 0.3 is 5.97 Å². The lowest BCUT2D eigenvalue weighted by Gasteiger charge is -2.05. The number of hydrogen-bond donors (Lipinski definition) is 0. The van der Waals surface area contributed by atoms with Crippen molar-refractivity contribution < 1.29 is 14.3 Å². The Kier molecular flexibility index (Phi) is 5.13. The molecule has 0 aliphatic carbocycles. The summed E-state index contributed by atoms with van der Waals surface area (Å²) in [4.78, 5) is 22.5. The highest BCUT2D eigenvalue weighted by molar-refractivity contribution is 5.90. The maximum atomic E-state index is 11.4. The van der Waals surface area contributed by atoms with Crippen LogP contribution in [0.15, 0.2) is 23.8 Å². The molecule has 1 unspecified atom stereocenters. The molecule has 1 aliphatic heterocycles. The Balaban J connectivity index is 2.17. The predicted octanol–water partition coefficient (Wildman–Crippen LogP) is 2.81. The number of esters is 1. The number of rotatable bonds is 6. The van der Waals surface area contributed by atoms with Crippen molar-refractivity contribution in [1.29, 1.82) is 0 Å². The lowest BCUT2D eigenvalue weighted by Crippen LogP contribution is -2.03. The molecule has 0 aromatic carbocycles. The highest BCUT2D eigenvalue weighted by Crippen LogP contribution is 2.24. The maximum Gasteiger partial charge on any atom is 0.333 e. The van der Waals surface area contributed by atoms with Crippen LogP contribution >= 0.6 is 0 Å². The van der Waals surface area contributed by atoms with E-state index in [0.29, 0.717) is 18.6 Å². The number of carbonyl (C=O) groups excluding carboxylic acids is 2. The van der Waals surface area contributed by atoms with Gasteiger partial charge in [0.25, 0.3) is 0 Å². The van der Waals surface area contributed by atoms with Crippen molar-refractivity contribution in [2.75, 3.05) is 6.61 Å². The zero-order valence-corrected chi connectivity index (χ0v) is 10.6. The lowest BCUT2D eigenvalue weighted by molar-refractivity contribution is -0.135. The predicted molar refractivity (Wildman–Crippen MR) is 66.5 cm³/mol. The lowest BCUT2D eigenvalue weighted by atomic mass is 9.96. The van der Waals surface area contributed by atoms with Crippen molar-refractivity contribution in [2.24, 2.45) is 5.92 Å². The molecular formula is C14H20O3. The van der Waals surface area contributed by atoms with Gasteiger partial charge in [-0.05, 0) is 32.8 Å². The number of unbranched alkanes of at least 4 members (excludes halogenated alkanes) is 1. The minimum atomic E-state index is -0.268. The molecule has 3 heteroatoms. The van der Waals surface area contributed by atoms with Gasteiger partial charge in [0.15, 0.2) is 5.78 Å². The van der Waals surface area contributed by atoms with Crippen molar-refractivity contribution in [2.45, 2.75) is 39.5 Å². The molecular weight excluding hydrogens is 216 g/mol. The van der Waals surface area contributed by atoms with Gasteiger partial charge < -0.3 is 4.74 Å². The summed E-state index contributed by atoms with van der Waals surface area (Å²) in [5, 5.41) is 0. The van der Waals surface area contributed by atoms with Crippen LogP contribution in [0.1, 0.15) is 39.5 Å². The van der Waals surface area contributed by atoms with Gasteiger partial charge in [0.1, 0.15) is 0 Å². The Labute approximate surface area is 103 Å². The van der Waals surface area contributed by atoms with E-state index >= 15 is 0 Å². The van der Waals surface area contributed by atoms with Crippen molar-refractivity contribution >= 4 is 11.8 Å². The molecule has 1 fully saturated rings. The first-order valence-corrected chi connectivity index (χ1v) is 6.04. The molecule has 17 heavy (non-hydrogen) atoms. The van der Waals surface area contributed by atoms with Crippen molar-refractivity contribution in [3.05, 3.63) is 23.8 Å². The summed E-state index contributed by atoms with van der Waals surface area (Å²) in [5.41, 5.74) is 1.62. The first-order chi connectivity index (χ1) is 8.00. The monoisotopic (exact) mass is 236 g/mol. The Morgan fingerprint density at radius 2 is 2.18 bits per heavy atom. The number of ketones is 1. The van der Waals surface area contributed by atoms with Gasteiger partial charge in [0.05, 0.1) is 6.61 Å². The number of carbonyl (C=O) groups is 2. The molecule has 1 aliphatic rings. The number of cyclic esters (lactones) is 1. The van der Waals surface area contributed by atoms with E-state index in [9.17, 15) is 9.59 Å². The van der Waals surface area contributed by atoms with E-state index in [1.165, 1.54) is 0 Å². The van der Waals surface area contributed by atoms with Crippen LogP contribution in [-0.4, -0.2) is 18.4 Å². The van der Waals surface area contributed by atoms with E-state index in [2.05, 4.69) is 6.58 Å². The molecule has 0 aromatic rings. The van der Waals surface area contributed by atoms with Crippen molar-refractivity contribution in [3.63, 3.8) is 0 Å². The molecule has 0 bridgehead atoms. The van der Waals surface area contributed by atoms with Crippen LogP contribution in [0.4, 0.5) is 0 Å². The highest BCUT2D eigenvalue weighted by atomic mass is 16.5. The van der Waals surface area contributed by atoms with Crippen LogP contribution in [0.25, 0.3) is 0 Å². The molecule has 0 saturated carbocycles. The van der Waals surface area contributed by atoms with Gasteiger partial charge in [-0.15, -0.1) is 0 Å². The van der Waals surface area contributed by atoms with E-state index < -0.39 is 0 Å². The first kappa shape index (κ1) is 13.7. The highest BCUT2D eigenvalue weighted by Gasteiger charge is 2.27. The molecule has 1 heterocycles. The van der Waals surface area contributed by atoms with Crippen molar-refractivity contribution in [3.8, 4) is 0 Å². The van der Waals surface area contributed by atoms with Gasteiger partial charge in [-0.3, -0.25) is 4.79 Å². The smallest absolute Gasteiger partial charge is 0.333 e. The van der Waals surface area contributed by atoms with E-state index in [1.54, 1.807) is 6.08 Å². The second kappa shape index (κ2) is 6.38. The van der Waals surface area contributed by atoms with Gasteiger partial charge in [-0.2, -0.15) is 0 Å². The number of ether oxygens (including phenoxy) is 1. The average molecular weight is 236 g/mol.